The van der Waals surface area contributed by atoms with Gasteiger partial charge in [-0.2, -0.15) is 5.10 Å². The second-order valence-electron chi connectivity index (χ2n) is 4.40. The van der Waals surface area contributed by atoms with Gasteiger partial charge in [0.1, 0.15) is 0 Å². The van der Waals surface area contributed by atoms with E-state index in [9.17, 15) is 9.59 Å². The molecule has 0 amide bonds. The first-order valence-corrected chi connectivity index (χ1v) is 6.16. The molecular formula is C14H13ClN2O2. The number of nitrogens with zero attached hydrogens (tertiary/aromatic N) is 2. The summed E-state index contributed by atoms with van der Waals surface area (Å²) in [5.74, 6) is -0.349. The summed E-state index contributed by atoms with van der Waals surface area (Å²) in [7, 11) is 0. The van der Waals surface area contributed by atoms with E-state index in [-0.39, 0.29) is 16.9 Å². The maximum Gasteiger partial charge on any atom is 0.211 e. The van der Waals surface area contributed by atoms with Gasteiger partial charge in [0, 0.05) is 23.7 Å². The fourth-order valence-electron chi connectivity index (χ4n) is 1.85. The van der Waals surface area contributed by atoms with Crippen LogP contribution in [0.25, 0.3) is 5.69 Å². The number of aromatic nitrogens is 2. The van der Waals surface area contributed by atoms with Gasteiger partial charge >= 0.3 is 0 Å². The van der Waals surface area contributed by atoms with E-state index in [0.717, 1.165) is 11.3 Å². The summed E-state index contributed by atoms with van der Waals surface area (Å²) < 4.78 is 1.57. The molecule has 0 bridgehead atoms. The summed E-state index contributed by atoms with van der Waals surface area (Å²) in [5, 5.41) is 4.71. The standard InChI is InChI=1S/C14H13ClN2O2/c1-8-4-5-11(15)7-12(8)17-9(2)6-13(19)14(16-17)10(3)18/h4-7H,1-3H3. The molecule has 0 saturated heterocycles. The van der Waals surface area contributed by atoms with Gasteiger partial charge in [0.2, 0.25) is 5.43 Å². The molecule has 0 aliphatic carbocycles. The highest BCUT2D eigenvalue weighted by molar-refractivity contribution is 6.30. The number of halogens is 1. The molecule has 2 aromatic rings. The van der Waals surface area contributed by atoms with Gasteiger partial charge in [-0.3, -0.25) is 9.59 Å². The molecule has 4 nitrogen and oxygen atoms in total. The zero-order chi connectivity index (χ0) is 14.2. The van der Waals surface area contributed by atoms with Crippen molar-refractivity contribution in [1.29, 1.82) is 0 Å². The van der Waals surface area contributed by atoms with Gasteiger partial charge in [0.25, 0.3) is 0 Å². The molecule has 0 atom stereocenters. The van der Waals surface area contributed by atoms with E-state index in [1.807, 2.05) is 13.0 Å². The highest BCUT2D eigenvalue weighted by atomic mass is 35.5. The van der Waals surface area contributed by atoms with Gasteiger partial charge in [0.15, 0.2) is 11.5 Å². The van der Waals surface area contributed by atoms with E-state index >= 15 is 0 Å². The molecule has 0 radical (unpaired) electrons. The van der Waals surface area contributed by atoms with Crippen LogP contribution in [0.1, 0.15) is 28.7 Å². The van der Waals surface area contributed by atoms with Crippen molar-refractivity contribution < 1.29 is 4.79 Å². The normalized spacial score (nSPS) is 10.5. The smallest absolute Gasteiger partial charge is 0.211 e. The van der Waals surface area contributed by atoms with E-state index in [0.29, 0.717) is 10.7 Å². The van der Waals surface area contributed by atoms with Gasteiger partial charge in [-0.05, 0) is 31.5 Å². The van der Waals surface area contributed by atoms with E-state index in [2.05, 4.69) is 5.10 Å². The number of hydrogen-bond acceptors (Lipinski definition) is 3. The van der Waals surface area contributed by atoms with Gasteiger partial charge in [-0.25, -0.2) is 4.68 Å². The van der Waals surface area contributed by atoms with Crippen LogP contribution in [0.5, 0.6) is 0 Å². The highest BCUT2D eigenvalue weighted by Crippen LogP contribution is 2.19. The molecule has 0 unspecified atom stereocenters. The zero-order valence-electron chi connectivity index (χ0n) is 10.9. The van der Waals surface area contributed by atoms with E-state index in [1.54, 1.807) is 23.7 Å². The Bertz CT molecular complexity index is 720. The molecule has 0 fully saturated rings. The van der Waals surface area contributed by atoms with Crippen LogP contribution in [-0.2, 0) is 0 Å². The van der Waals surface area contributed by atoms with Gasteiger partial charge in [0.05, 0.1) is 5.69 Å². The van der Waals surface area contributed by atoms with E-state index in [4.69, 9.17) is 11.6 Å². The minimum absolute atomic E-state index is 0.0648. The lowest BCUT2D eigenvalue weighted by Crippen LogP contribution is -2.21. The third-order valence-corrected chi connectivity index (χ3v) is 3.08. The molecule has 1 aromatic carbocycles. The number of benzene rings is 1. The Morgan fingerprint density at radius 3 is 2.58 bits per heavy atom. The molecule has 2 rings (SSSR count). The highest BCUT2D eigenvalue weighted by Gasteiger charge is 2.12. The third-order valence-electron chi connectivity index (χ3n) is 2.84. The quantitative estimate of drug-likeness (QED) is 0.793. The number of aryl methyl sites for hydroxylation is 2. The maximum absolute atomic E-state index is 11.7. The van der Waals surface area contributed by atoms with Crippen molar-refractivity contribution >= 4 is 17.4 Å². The number of Topliss-reactive ketones (excluding diaryl/α,β-unsaturated/α-hetero) is 1. The molecule has 98 valence electrons. The molecule has 0 saturated carbocycles. The Morgan fingerprint density at radius 1 is 1.26 bits per heavy atom. The summed E-state index contributed by atoms with van der Waals surface area (Å²) in [5.41, 5.74) is 1.94. The zero-order valence-corrected chi connectivity index (χ0v) is 11.7. The van der Waals surface area contributed by atoms with E-state index < -0.39 is 0 Å². The lowest BCUT2D eigenvalue weighted by atomic mass is 10.2. The lowest BCUT2D eigenvalue weighted by Gasteiger charge is -2.13. The summed E-state index contributed by atoms with van der Waals surface area (Å²) in [4.78, 5) is 23.1. The predicted octanol–water partition coefficient (Wildman–Crippen LogP) is 2.71. The monoisotopic (exact) mass is 276 g/mol. The van der Waals surface area contributed by atoms with Crippen molar-refractivity contribution in [2.24, 2.45) is 0 Å². The van der Waals surface area contributed by atoms with Crippen LogP contribution in [0.4, 0.5) is 0 Å². The Morgan fingerprint density at radius 2 is 1.95 bits per heavy atom. The van der Waals surface area contributed by atoms with Crippen molar-refractivity contribution in [3.63, 3.8) is 0 Å². The number of ketones is 1. The Kier molecular flexibility index (Phi) is 3.53. The molecular weight excluding hydrogens is 264 g/mol. The molecule has 0 spiro atoms. The molecule has 0 aliphatic rings. The molecule has 1 aromatic heterocycles. The van der Waals surface area contributed by atoms with Crippen LogP contribution in [-0.4, -0.2) is 15.6 Å². The van der Waals surface area contributed by atoms with Crippen LogP contribution < -0.4 is 5.43 Å². The van der Waals surface area contributed by atoms with Crippen LogP contribution >= 0.6 is 11.6 Å². The maximum atomic E-state index is 11.7. The minimum atomic E-state index is -0.360. The van der Waals surface area contributed by atoms with Gasteiger partial charge in [-0.15, -0.1) is 0 Å². The minimum Gasteiger partial charge on any atom is -0.293 e. The third kappa shape index (κ3) is 2.58. The number of carbonyl (C=O) groups is 1. The summed E-state index contributed by atoms with van der Waals surface area (Å²) >= 11 is 5.98. The van der Waals surface area contributed by atoms with Gasteiger partial charge in [-0.1, -0.05) is 17.7 Å². The summed E-state index contributed by atoms with van der Waals surface area (Å²) in [6.45, 7) is 5.01. The fraction of sp³-hybridized carbons (Fsp3) is 0.214. The Labute approximate surface area is 115 Å². The molecule has 19 heavy (non-hydrogen) atoms. The van der Waals surface area contributed by atoms with Crippen molar-refractivity contribution in [2.45, 2.75) is 20.8 Å². The second-order valence-corrected chi connectivity index (χ2v) is 4.83. The average Bonchev–Trinajstić information content (AvgIpc) is 2.32. The van der Waals surface area contributed by atoms with Crippen LogP contribution in [0.15, 0.2) is 29.1 Å². The van der Waals surface area contributed by atoms with Crippen molar-refractivity contribution in [3.8, 4) is 5.69 Å². The van der Waals surface area contributed by atoms with Gasteiger partial charge < -0.3 is 0 Å². The van der Waals surface area contributed by atoms with Crippen molar-refractivity contribution in [3.05, 3.63) is 56.5 Å². The topological polar surface area (TPSA) is 52.0 Å². The molecule has 5 heteroatoms. The predicted molar refractivity (Wildman–Crippen MR) is 74.3 cm³/mol. The second kappa shape index (κ2) is 4.97. The largest absolute Gasteiger partial charge is 0.293 e. The molecule has 0 aliphatic heterocycles. The van der Waals surface area contributed by atoms with E-state index in [1.165, 1.54) is 13.0 Å². The Hall–Kier alpha value is -1.94. The SMILES string of the molecule is CC(=O)c1nn(-c2cc(Cl)ccc2C)c(C)cc1=O. The first kappa shape index (κ1) is 13.5. The Balaban J connectivity index is 2.75. The summed E-state index contributed by atoms with van der Waals surface area (Å²) in [6, 6.07) is 6.81. The number of hydrogen-bond donors (Lipinski definition) is 0. The van der Waals surface area contributed by atoms with Crippen molar-refractivity contribution in [2.75, 3.05) is 0 Å². The summed E-state index contributed by atoms with van der Waals surface area (Å²) in [6.07, 6.45) is 0. The fourth-order valence-corrected chi connectivity index (χ4v) is 2.01. The first-order valence-electron chi connectivity index (χ1n) is 5.78. The van der Waals surface area contributed by atoms with Crippen LogP contribution in [0, 0.1) is 13.8 Å². The van der Waals surface area contributed by atoms with Crippen LogP contribution in [0.2, 0.25) is 5.02 Å². The first-order chi connectivity index (χ1) is 8.90. The molecule has 1 heterocycles. The number of carbonyl (C=O) groups excluding carboxylic acids is 1. The number of rotatable bonds is 2. The average molecular weight is 277 g/mol. The van der Waals surface area contributed by atoms with Crippen molar-refractivity contribution in [1.82, 2.24) is 9.78 Å². The van der Waals surface area contributed by atoms with Crippen LogP contribution in [0.3, 0.4) is 0 Å². The molecule has 0 N–H and O–H groups in total. The lowest BCUT2D eigenvalue weighted by molar-refractivity contribution is 0.101.